The minimum atomic E-state index is -3.80. The number of aliphatic hydroxyl groups excluding tert-OH is 1. The summed E-state index contributed by atoms with van der Waals surface area (Å²) >= 11 is 5.94. The van der Waals surface area contributed by atoms with Gasteiger partial charge in [0.2, 0.25) is 5.91 Å². The third kappa shape index (κ3) is 5.45. The number of hydrogen-bond acceptors (Lipinski definition) is 4. The van der Waals surface area contributed by atoms with Crippen LogP contribution in [0, 0.1) is 0 Å². The smallest absolute Gasteiger partial charge is 0.263 e. The van der Waals surface area contributed by atoms with E-state index in [-0.39, 0.29) is 28.9 Å². The normalized spacial score (nSPS) is 11.8. The predicted molar refractivity (Wildman–Crippen MR) is 102 cm³/mol. The number of anilines is 1. The minimum absolute atomic E-state index is 0.00337. The first-order valence-corrected chi connectivity index (χ1v) is 9.77. The van der Waals surface area contributed by atoms with Crippen molar-refractivity contribution in [2.75, 3.05) is 11.3 Å². The summed E-state index contributed by atoms with van der Waals surface area (Å²) in [4.78, 5) is 12.0. The van der Waals surface area contributed by atoms with Crippen molar-refractivity contribution in [1.82, 2.24) is 5.32 Å². The van der Waals surface area contributed by atoms with Gasteiger partial charge in [-0.05, 0) is 43.7 Å². The Morgan fingerprint density at radius 2 is 1.73 bits per heavy atom. The zero-order valence-corrected chi connectivity index (χ0v) is 16.1. The molecule has 0 radical (unpaired) electrons. The highest BCUT2D eigenvalue weighted by Crippen LogP contribution is 2.23. The van der Waals surface area contributed by atoms with E-state index >= 15 is 0 Å². The van der Waals surface area contributed by atoms with Crippen LogP contribution in [-0.4, -0.2) is 31.6 Å². The van der Waals surface area contributed by atoms with Crippen LogP contribution >= 0.6 is 11.6 Å². The van der Waals surface area contributed by atoms with Crippen molar-refractivity contribution >= 4 is 33.2 Å². The van der Waals surface area contributed by atoms with Crippen molar-refractivity contribution in [3.63, 3.8) is 0 Å². The average Bonchev–Trinajstić information content (AvgIpc) is 2.56. The van der Waals surface area contributed by atoms with E-state index < -0.39 is 15.6 Å². The standard InChI is InChI=1S/C18H21ClN2O4S/c1-18(2,12-22)20-17(23)11-13-7-9-14(10-8-13)21-26(24,25)16-6-4-3-5-15(16)19/h3-10,21-22H,11-12H2,1-2H3,(H,20,23). The molecule has 0 spiro atoms. The van der Waals surface area contributed by atoms with Gasteiger partial charge in [0.1, 0.15) is 4.90 Å². The summed E-state index contributed by atoms with van der Waals surface area (Å²) in [6.07, 6.45) is 0.126. The summed E-state index contributed by atoms with van der Waals surface area (Å²) in [7, 11) is -3.80. The molecule has 0 aliphatic rings. The molecule has 0 aliphatic heterocycles. The maximum absolute atomic E-state index is 12.4. The van der Waals surface area contributed by atoms with Crippen LogP contribution in [0.5, 0.6) is 0 Å². The fourth-order valence-electron chi connectivity index (χ4n) is 2.21. The van der Waals surface area contributed by atoms with Gasteiger partial charge in [-0.2, -0.15) is 0 Å². The largest absolute Gasteiger partial charge is 0.394 e. The number of sulfonamides is 1. The molecule has 0 bridgehead atoms. The molecular formula is C18H21ClN2O4S. The number of carbonyl (C=O) groups is 1. The van der Waals surface area contributed by atoms with Crippen molar-refractivity contribution in [1.29, 1.82) is 0 Å². The van der Waals surface area contributed by atoms with Gasteiger partial charge >= 0.3 is 0 Å². The fraction of sp³-hybridized carbons (Fsp3) is 0.278. The number of rotatable bonds is 7. The Hall–Kier alpha value is -2.09. The van der Waals surface area contributed by atoms with Crippen molar-refractivity contribution in [3.05, 3.63) is 59.1 Å². The fourth-order valence-corrected chi connectivity index (χ4v) is 3.79. The Morgan fingerprint density at radius 3 is 2.31 bits per heavy atom. The lowest BCUT2D eigenvalue weighted by atomic mass is 10.1. The van der Waals surface area contributed by atoms with Crippen LogP contribution in [0.25, 0.3) is 0 Å². The molecule has 0 aliphatic carbocycles. The molecular weight excluding hydrogens is 376 g/mol. The molecule has 2 aromatic carbocycles. The van der Waals surface area contributed by atoms with E-state index in [1.54, 1.807) is 50.2 Å². The van der Waals surface area contributed by atoms with E-state index in [9.17, 15) is 18.3 Å². The first-order chi connectivity index (χ1) is 12.1. The Balaban J connectivity index is 2.06. The highest BCUT2D eigenvalue weighted by atomic mass is 35.5. The van der Waals surface area contributed by atoms with Crippen LogP contribution in [0.3, 0.4) is 0 Å². The zero-order valence-electron chi connectivity index (χ0n) is 14.5. The number of halogens is 1. The molecule has 26 heavy (non-hydrogen) atoms. The third-order valence-corrected chi connectivity index (χ3v) is 5.45. The Bertz CT molecular complexity index is 880. The molecule has 3 N–H and O–H groups in total. The summed E-state index contributed by atoms with van der Waals surface area (Å²) in [5.41, 5.74) is 0.392. The number of hydrogen-bond donors (Lipinski definition) is 3. The van der Waals surface area contributed by atoms with E-state index in [0.717, 1.165) is 5.56 Å². The molecule has 1 amide bonds. The van der Waals surface area contributed by atoms with Gasteiger partial charge < -0.3 is 10.4 Å². The quantitative estimate of drug-likeness (QED) is 0.670. The van der Waals surface area contributed by atoms with E-state index in [1.807, 2.05) is 0 Å². The van der Waals surface area contributed by atoms with Crippen molar-refractivity contribution in [2.45, 2.75) is 30.7 Å². The number of amides is 1. The second-order valence-corrected chi connectivity index (χ2v) is 8.56. The lowest BCUT2D eigenvalue weighted by molar-refractivity contribution is -0.122. The zero-order chi connectivity index (χ0) is 19.4. The molecule has 0 atom stereocenters. The van der Waals surface area contributed by atoms with E-state index in [1.165, 1.54) is 12.1 Å². The molecule has 0 unspecified atom stereocenters. The van der Waals surface area contributed by atoms with Gasteiger partial charge in [-0.1, -0.05) is 35.9 Å². The number of benzene rings is 2. The van der Waals surface area contributed by atoms with E-state index in [2.05, 4.69) is 10.0 Å². The Labute approximate surface area is 158 Å². The summed E-state index contributed by atoms with van der Waals surface area (Å²) in [6.45, 7) is 3.27. The monoisotopic (exact) mass is 396 g/mol. The van der Waals surface area contributed by atoms with Crippen LogP contribution in [0.15, 0.2) is 53.4 Å². The van der Waals surface area contributed by atoms with Gasteiger partial charge in [-0.3, -0.25) is 9.52 Å². The first-order valence-electron chi connectivity index (χ1n) is 7.91. The van der Waals surface area contributed by atoms with Crippen LogP contribution in [0.4, 0.5) is 5.69 Å². The third-order valence-electron chi connectivity index (χ3n) is 3.57. The van der Waals surface area contributed by atoms with E-state index in [0.29, 0.717) is 5.69 Å². The summed E-state index contributed by atoms with van der Waals surface area (Å²) in [6, 6.07) is 12.7. The lowest BCUT2D eigenvalue weighted by Crippen LogP contribution is -2.46. The number of aliphatic hydroxyl groups is 1. The summed E-state index contributed by atoms with van der Waals surface area (Å²) in [5.74, 6) is -0.228. The van der Waals surface area contributed by atoms with Crippen LogP contribution in [-0.2, 0) is 21.2 Å². The molecule has 140 valence electrons. The van der Waals surface area contributed by atoms with Crippen LogP contribution in [0.2, 0.25) is 5.02 Å². The SMILES string of the molecule is CC(C)(CO)NC(=O)Cc1ccc(NS(=O)(=O)c2ccccc2Cl)cc1. The Kier molecular flexibility index (Phi) is 6.28. The molecule has 0 saturated carbocycles. The second kappa shape index (κ2) is 8.07. The number of nitrogens with one attached hydrogen (secondary N) is 2. The molecule has 0 heterocycles. The van der Waals surface area contributed by atoms with Crippen LogP contribution < -0.4 is 10.0 Å². The van der Waals surface area contributed by atoms with Crippen molar-refractivity contribution in [2.24, 2.45) is 0 Å². The topological polar surface area (TPSA) is 95.5 Å². The van der Waals surface area contributed by atoms with Crippen molar-refractivity contribution < 1.29 is 18.3 Å². The highest BCUT2D eigenvalue weighted by molar-refractivity contribution is 7.92. The van der Waals surface area contributed by atoms with Gasteiger partial charge in [0.05, 0.1) is 23.6 Å². The van der Waals surface area contributed by atoms with Gasteiger partial charge in [0.15, 0.2) is 0 Å². The van der Waals surface area contributed by atoms with Crippen LogP contribution in [0.1, 0.15) is 19.4 Å². The summed E-state index contributed by atoms with van der Waals surface area (Å²) < 4.78 is 27.2. The predicted octanol–water partition coefficient (Wildman–Crippen LogP) is 2.57. The highest BCUT2D eigenvalue weighted by Gasteiger charge is 2.19. The van der Waals surface area contributed by atoms with Crippen molar-refractivity contribution in [3.8, 4) is 0 Å². The van der Waals surface area contributed by atoms with Gasteiger partial charge in [0, 0.05) is 5.69 Å². The average molecular weight is 397 g/mol. The second-order valence-electron chi connectivity index (χ2n) is 6.50. The molecule has 6 nitrogen and oxygen atoms in total. The molecule has 2 aromatic rings. The molecule has 8 heteroatoms. The Morgan fingerprint density at radius 1 is 1.12 bits per heavy atom. The van der Waals surface area contributed by atoms with Gasteiger partial charge in [0.25, 0.3) is 10.0 Å². The maximum Gasteiger partial charge on any atom is 0.263 e. The summed E-state index contributed by atoms with van der Waals surface area (Å²) in [5, 5.41) is 12.0. The molecule has 0 saturated heterocycles. The molecule has 2 rings (SSSR count). The molecule has 0 aromatic heterocycles. The van der Waals surface area contributed by atoms with E-state index in [4.69, 9.17) is 11.6 Å². The molecule has 0 fully saturated rings. The minimum Gasteiger partial charge on any atom is -0.394 e. The maximum atomic E-state index is 12.4. The number of carbonyl (C=O) groups excluding carboxylic acids is 1. The lowest BCUT2D eigenvalue weighted by Gasteiger charge is -2.23. The first kappa shape index (κ1) is 20.2. The van der Waals surface area contributed by atoms with Gasteiger partial charge in [-0.25, -0.2) is 8.42 Å². The van der Waals surface area contributed by atoms with Gasteiger partial charge in [-0.15, -0.1) is 0 Å².